The van der Waals surface area contributed by atoms with Crippen LogP contribution in [-0.2, 0) is 0 Å². The Bertz CT molecular complexity index is 548. The molecule has 0 saturated carbocycles. The normalized spacial score (nSPS) is 10.2. The number of nitrogens with one attached hydrogen (secondary N) is 1. The molecule has 0 aliphatic heterocycles. The first kappa shape index (κ1) is 14.3. The summed E-state index contributed by atoms with van der Waals surface area (Å²) in [6.07, 6.45) is 3.37. The summed E-state index contributed by atoms with van der Waals surface area (Å²) >= 11 is 0. The van der Waals surface area contributed by atoms with Gasteiger partial charge in [0.2, 0.25) is 0 Å². The topological polar surface area (TPSA) is 29.1 Å². The molecule has 0 fully saturated rings. The van der Waals surface area contributed by atoms with E-state index in [0.717, 1.165) is 36.1 Å². The molecule has 2 heteroatoms. The maximum absolute atomic E-state index is 12.1. The van der Waals surface area contributed by atoms with Crippen LogP contribution >= 0.6 is 0 Å². The lowest BCUT2D eigenvalue weighted by Crippen LogP contribution is -2.24. The van der Waals surface area contributed by atoms with Gasteiger partial charge in [-0.1, -0.05) is 62.2 Å². The Kier molecular flexibility index (Phi) is 5.36. The van der Waals surface area contributed by atoms with E-state index in [1.165, 1.54) is 6.42 Å². The van der Waals surface area contributed by atoms with Gasteiger partial charge in [-0.3, -0.25) is 4.79 Å². The summed E-state index contributed by atoms with van der Waals surface area (Å²) in [5, 5.41) is 2.97. The molecule has 0 aromatic heterocycles. The van der Waals surface area contributed by atoms with E-state index >= 15 is 0 Å². The molecule has 20 heavy (non-hydrogen) atoms. The maximum Gasteiger partial charge on any atom is 0.251 e. The molecule has 0 radical (unpaired) electrons. The van der Waals surface area contributed by atoms with Crippen LogP contribution in [0, 0.1) is 0 Å². The number of benzene rings is 2. The Balaban J connectivity index is 2.04. The first-order chi connectivity index (χ1) is 9.81. The van der Waals surface area contributed by atoms with Crippen LogP contribution in [0.1, 0.15) is 36.5 Å². The number of unbranched alkanes of at least 4 members (excludes halogenated alkanes) is 2. The molecule has 2 nitrogen and oxygen atoms in total. The predicted molar refractivity (Wildman–Crippen MR) is 83.7 cm³/mol. The second-order valence-corrected chi connectivity index (χ2v) is 4.91. The summed E-state index contributed by atoms with van der Waals surface area (Å²) in [5.74, 6) is 0.0129. The average molecular weight is 267 g/mol. The van der Waals surface area contributed by atoms with Crippen molar-refractivity contribution < 1.29 is 4.79 Å². The quantitative estimate of drug-likeness (QED) is 0.778. The molecule has 1 amide bonds. The van der Waals surface area contributed by atoms with Crippen LogP contribution in [0.3, 0.4) is 0 Å². The van der Waals surface area contributed by atoms with Gasteiger partial charge in [-0.25, -0.2) is 0 Å². The zero-order valence-corrected chi connectivity index (χ0v) is 11.9. The molecule has 2 aromatic carbocycles. The lowest BCUT2D eigenvalue weighted by Gasteiger charge is -2.07. The first-order valence-corrected chi connectivity index (χ1v) is 7.25. The minimum Gasteiger partial charge on any atom is -0.352 e. The van der Waals surface area contributed by atoms with Crippen LogP contribution in [0.4, 0.5) is 0 Å². The Morgan fingerprint density at radius 3 is 2.45 bits per heavy atom. The van der Waals surface area contributed by atoms with Crippen LogP contribution < -0.4 is 5.32 Å². The highest BCUT2D eigenvalue weighted by atomic mass is 16.1. The fourth-order valence-corrected chi connectivity index (χ4v) is 2.15. The number of amides is 1. The summed E-state index contributed by atoms with van der Waals surface area (Å²) in [4.78, 5) is 12.1. The summed E-state index contributed by atoms with van der Waals surface area (Å²) in [5.41, 5.74) is 2.93. The highest BCUT2D eigenvalue weighted by Gasteiger charge is 2.06. The van der Waals surface area contributed by atoms with E-state index in [2.05, 4.69) is 24.4 Å². The zero-order chi connectivity index (χ0) is 14.2. The summed E-state index contributed by atoms with van der Waals surface area (Å²) < 4.78 is 0. The molecular formula is C18H21NO. The van der Waals surface area contributed by atoms with Crippen LogP contribution in [0.2, 0.25) is 0 Å². The molecule has 0 unspecified atom stereocenters. The predicted octanol–water partition coefficient (Wildman–Crippen LogP) is 4.27. The van der Waals surface area contributed by atoms with Gasteiger partial charge in [0.05, 0.1) is 0 Å². The summed E-state index contributed by atoms with van der Waals surface area (Å²) in [6, 6.07) is 17.9. The molecule has 0 atom stereocenters. The highest BCUT2D eigenvalue weighted by Crippen LogP contribution is 2.19. The van der Waals surface area contributed by atoms with Crippen molar-refractivity contribution in [1.82, 2.24) is 5.32 Å². The molecule has 0 aliphatic carbocycles. The molecule has 0 aliphatic rings. The lowest BCUT2D eigenvalue weighted by molar-refractivity contribution is 0.0953. The minimum absolute atomic E-state index is 0.0129. The van der Waals surface area contributed by atoms with E-state index in [-0.39, 0.29) is 5.91 Å². The van der Waals surface area contributed by atoms with Gasteiger partial charge in [0, 0.05) is 12.1 Å². The lowest BCUT2D eigenvalue weighted by atomic mass is 10.0. The van der Waals surface area contributed by atoms with Gasteiger partial charge in [-0.15, -0.1) is 0 Å². The summed E-state index contributed by atoms with van der Waals surface area (Å²) in [7, 11) is 0. The zero-order valence-electron chi connectivity index (χ0n) is 11.9. The Hall–Kier alpha value is -2.09. The van der Waals surface area contributed by atoms with Crippen molar-refractivity contribution in [2.24, 2.45) is 0 Å². The third kappa shape index (κ3) is 3.95. The Morgan fingerprint density at radius 2 is 1.70 bits per heavy atom. The molecule has 1 N–H and O–H groups in total. The van der Waals surface area contributed by atoms with E-state index in [1.54, 1.807) is 0 Å². The number of hydrogen-bond acceptors (Lipinski definition) is 1. The molecule has 0 spiro atoms. The van der Waals surface area contributed by atoms with Crippen molar-refractivity contribution in [2.45, 2.75) is 26.2 Å². The third-order valence-corrected chi connectivity index (χ3v) is 3.30. The molecule has 2 rings (SSSR count). The Labute approximate surface area is 120 Å². The van der Waals surface area contributed by atoms with Gasteiger partial charge in [-0.05, 0) is 29.7 Å². The highest BCUT2D eigenvalue weighted by molar-refractivity contribution is 5.95. The molecule has 0 heterocycles. The van der Waals surface area contributed by atoms with E-state index in [4.69, 9.17) is 0 Å². The SMILES string of the molecule is CCCCCNC(=O)c1cccc(-c2ccccc2)c1. The largest absolute Gasteiger partial charge is 0.352 e. The van der Waals surface area contributed by atoms with E-state index in [0.29, 0.717) is 0 Å². The fraction of sp³-hybridized carbons (Fsp3) is 0.278. The molecule has 2 aromatic rings. The molecule has 0 saturated heterocycles. The van der Waals surface area contributed by atoms with Crippen molar-refractivity contribution in [3.63, 3.8) is 0 Å². The van der Waals surface area contributed by atoms with Crippen LogP contribution in [0.5, 0.6) is 0 Å². The van der Waals surface area contributed by atoms with Crippen molar-refractivity contribution in [3.05, 3.63) is 60.2 Å². The molecule has 0 bridgehead atoms. The van der Waals surface area contributed by atoms with Crippen molar-refractivity contribution in [1.29, 1.82) is 0 Å². The Morgan fingerprint density at radius 1 is 0.950 bits per heavy atom. The standard InChI is InChI=1S/C18H21NO/c1-2-3-7-13-19-18(20)17-12-8-11-16(14-17)15-9-5-4-6-10-15/h4-6,8-12,14H,2-3,7,13H2,1H3,(H,19,20). The number of hydrogen-bond donors (Lipinski definition) is 1. The van der Waals surface area contributed by atoms with E-state index in [1.807, 2.05) is 42.5 Å². The van der Waals surface area contributed by atoms with Gasteiger partial charge in [0.15, 0.2) is 0 Å². The third-order valence-electron chi connectivity index (χ3n) is 3.30. The van der Waals surface area contributed by atoms with E-state index < -0.39 is 0 Å². The average Bonchev–Trinajstić information content (AvgIpc) is 2.52. The smallest absolute Gasteiger partial charge is 0.251 e. The van der Waals surface area contributed by atoms with Crippen molar-refractivity contribution in [3.8, 4) is 11.1 Å². The van der Waals surface area contributed by atoms with Crippen LogP contribution in [-0.4, -0.2) is 12.5 Å². The number of rotatable bonds is 6. The van der Waals surface area contributed by atoms with Gasteiger partial charge in [0.1, 0.15) is 0 Å². The first-order valence-electron chi connectivity index (χ1n) is 7.25. The number of carbonyl (C=O) groups excluding carboxylic acids is 1. The minimum atomic E-state index is 0.0129. The van der Waals surface area contributed by atoms with Crippen LogP contribution in [0.25, 0.3) is 11.1 Å². The molecular weight excluding hydrogens is 246 g/mol. The van der Waals surface area contributed by atoms with Crippen molar-refractivity contribution in [2.75, 3.05) is 6.54 Å². The monoisotopic (exact) mass is 267 g/mol. The van der Waals surface area contributed by atoms with Gasteiger partial charge >= 0.3 is 0 Å². The van der Waals surface area contributed by atoms with Gasteiger partial charge in [-0.2, -0.15) is 0 Å². The second kappa shape index (κ2) is 7.49. The number of carbonyl (C=O) groups is 1. The second-order valence-electron chi connectivity index (χ2n) is 4.91. The van der Waals surface area contributed by atoms with Gasteiger partial charge in [0.25, 0.3) is 5.91 Å². The fourth-order valence-electron chi connectivity index (χ4n) is 2.15. The molecule has 104 valence electrons. The maximum atomic E-state index is 12.1. The van der Waals surface area contributed by atoms with Gasteiger partial charge < -0.3 is 5.32 Å². The van der Waals surface area contributed by atoms with Crippen molar-refractivity contribution >= 4 is 5.91 Å². The summed E-state index contributed by atoms with van der Waals surface area (Å²) in [6.45, 7) is 2.91. The van der Waals surface area contributed by atoms with E-state index in [9.17, 15) is 4.79 Å². The van der Waals surface area contributed by atoms with Crippen LogP contribution in [0.15, 0.2) is 54.6 Å².